The lowest BCUT2D eigenvalue weighted by atomic mass is 10.0. The van der Waals surface area contributed by atoms with E-state index in [9.17, 15) is 0 Å². The summed E-state index contributed by atoms with van der Waals surface area (Å²) in [5, 5.41) is 12.4. The van der Waals surface area contributed by atoms with Gasteiger partial charge in [-0.3, -0.25) is 0 Å². The topological polar surface area (TPSA) is 32.3 Å². The van der Waals surface area contributed by atoms with Crippen molar-refractivity contribution in [3.63, 3.8) is 0 Å². The zero-order valence-electron chi connectivity index (χ0n) is 9.51. The van der Waals surface area contributed by atoms with Gasteiger partial charge in [0.05, 0.1) is 6.61 Å². The van der Waals surface area contributed by atoms with E-state index >= 15 is 0 Å². The molecule has 0 bridgehead atoms. The first-order valence-electron chi connectivity index (χ1n) is 5.47. The molecule has 0 aromatic carbocycles. The second-order valence-corrected chi connectivity index (χ2v) is 4.33. The molecule has 0 spiro atoms. The van der Waals surface area contributed by atoms with E-state index in [0.717, 1.165) is 12.3 Å². The van der Waals surface area contributed by atoms with Crippen molar-refractivity contribution in [1.29, 1.82) is 0 Å². The lowest BCUT2D eigenvalue weighted by Gasteiger charge is -2.21. The van der Waals surface area contributed by atoms with Crippen molar-refractivity contribution in [3.8, 4) is 0 Å². The zero-order valence-corrected chi connectivity index (χ0v) is 9.51. The average molecular weight is 187 g/mol. The Balaban J connectivity index is 3.53. The third kappa shape index (κ3) is 7.03. The summed E-state index contributed by atoms with van der Waals surface area (Å²) in [6, 6.07) is 0.807. The van der Waals surface area contributed by atoms with Crippen LogP contribution in [0.1, 0.15) is 47.0 Å². The van der Waals surface area contributed by atoms with Crippen molar-refractivity contribution < 1.29 is 5.11 Å². The Morgan fingerprint density at radius 1 is 1.15 bits per heavy atom. The van der Waals surface area contributed by atoms with Crippen LogP contribution in [-0.4, -0.2) is 23.8 Å². The zero-order chi connectivity index (χ0) is 10.3. The minimum Gasteiger partial charge on any atom is -0.395 e. The predicted octanol–water partition coefficient (Wildman–Crippen LogP) is 2.17. The van der Waals surface area contributed by atoms with Crippen molar-refractivity contribution in [2.24, 2.45) is 5.92 Å². The normalized spacial score (nSPS) is 16.2. The van der Waals surface area contributed by atoms with Crippen LogP contribution in [0.15, 0.2) is 0 Å². The van der Waals surface area contributed by atoms with Gasteiger partial charge in [0.15, 0.2) is 0 Å². The van der Waals surface area contributed by atoms with Crippen LogP contribution in [0.5, 0.6) is 0 Å². The standard InChI is InChI=1S/C11H25NO/c1-5-11(8-13)12-10(4)7-6-9(2)3/h9-13H,5-8H2,1-4H3/t10-,11+/m1/s1. The highest BCUT2D eigenvalue weighted by atomic mass is 16.3. The quantitative estimate of drug-likeness (QED) is 0.640. The minimum absolute atomic E-state index is 0.252. The first-order valence-corrected chi connectivity index (χ1v) is 5.47. The van der Waals surface area contributed by atoms with Gasteiger partial charge in [0.1, 0.15) is 0 Å². The summed E-state index contributed by atoms with van der Waals surface area (Å²) >= 11 is 0. The summed E-state index contributed by atoms with van der Waals surface area (Å²) in [5.41, 5.74) is 0. The maximum Gasteiger partial charge on any atom is 0.0584 e. The summed E-state index contributed by atoms with van der Waals surface area (Å²) in [7, 11) is 0. The molecule has 0 aromatic heterocycles. The summed E-state index contributed by atoms with van der Waals surface area (Å²) in [6.45, 7) is 9.04. The van der Waals surface area contributed by atoms with E-state index in [1.54, 1.807) is 0 Å². The molecule has 13 heavy (non-hydrogen) atoms. The fourth-order valence-corrected chi connectivity index (χ4v) is 1.37. The van der Waals surface area contributed by atoms with E-state index < -0.39 is 0 Å². The molecule has 2 atom stereocenters. The number of nitrogens with one attached hydrogen (secondary N) is 1. The molecule has 2 nitrogen and oxygen atoms in total. The second-order valence-electron chi connectivity index (χ2n) is 4.33. The first kappa shape index (κ1) is 12.9. The van der Waals surface area contributed by atoms with E-state index in [1.165, 1.54) is 12.8 Å². The monoisotopic (exact) mass is 187 g/mol. The van der Waals surface area contributed by atoms with Crippen LogP contribution in [0.3, 0.4) is 0 Å². The molecule has 2 heteroatoms. The van der Waals surface area contributed by atoms with Crippen molar-refractivity contribution in [3.05, 3.63) is 0 Å². The number of rotatable bonds is 7. The van der Waals surface area contributed by atoms with Crippen LogP contribution in [0.2, 0.25) is 0 Å². The fraction of sp³-hybridized carbons (Fsp3) is 1.00. The van der Waals surface area contributed by atoms with E-state index in [2.05, 4.69) is 33.0 Å². The lowest BCUT2D eigenvalue weighted by Crippen LogP contribution is -2.38. The van der Waals surface area contributed by atoms with Crippen LogP contribution >= 0.6 is 0 Å². The van der Waals surface area contributed by atoms with Crippen molar-refractivity contribution in [1.82, 2.24) is 5.32 Å². The molecule has 2 N–H and O–H groups in total. The molecule has 0 aliphatic rings. The van der Waals surface area contributed by atoms with Gasteiger partial charge in [-0.2, -0.15) is 0 Å². The van der Waals surface area contributed by atoms with Gasteiger partial charge < -0.3 is 10.4 Å². The highest BCUT2D eigenvalue weighted by Crippen LogP contribution is 2.07. The molecule has 0 heterocycles. The first-order chi connectivity index (χ1) is 6.10. The van der Waals surface area contributed by atoms with Crippen LogP contribution in [0.25, 0.3) is 0 Å². The number of aliphatic hydroxyl groups is 1. The molecule has 0 unspecified atom stereocenters. The van der Waals surface area contributed by atoms with Gasteiger partial charge >= 0.3 is 0 Å². The van der Waals surface area contributed by atoms with E-state index in [1.807, 2.05) is 0 Å². The highest BCUT2D eigenvalue weighted by Gasteiger charge is 2.08. The minimum atomic E-state index is 0.252. The predicted molar refractivity (Wildman–Crippen MR) is 57.8 cm³/mol. The Bertz CT molecular complexity index is 111. The average Bonchev–Trinajstić information content (AvgIpc) is 2.10. The van der Waals surface area contributed by atoms with Crippen LogP contribution in [0, 0.1) is 5.92 Å². The molecule has 80 valence electrons. The van der Waals surface area contributed by atoms with Gasteiger partial charge in [0, 0.05) is 12.1 Å². The molecule has 0 aromatic rings. The number of aliphatic hydroxyl groups excluding tert-OH is 1. The van der Waals surface area contributed by atoms with Gasteiger partial charge in [0.25, 0.3) is 0 Å². The van der Waals surface area contributed by atoms with Gasteiger partial charge in [-0.1, -0.05) is 20.8 Å². The lowest BCUT2D eigenvalue weighted by molar-refractivity contribution is 0.226. The molecule has 0 fully saturated rings. The third-order valence-electron chi connectivity index (χ3n) is 2.41. The Labute approximate surface area is 82.7 Å². The number of hydrogen-bond acceptors (Lipinski definition) is 2. The SMILES string of the molecule is CC[C@@H](CO)N[C@H](C)CCC(C)C. The Hall–Kier alpha value is -0.0800. The molecule has 0 aliphatic heterocycles. The number of hydrogen-bond donors (Lipinski definition) is 2. The van der Waals surface area contributed by atoms with Gasteiger partial charge in [0.2, 0.25) is 0 Å². The highest BCUT2D eigenvalue weighted by molar-refractivity contribution is 4.69. The van der Waals surface area contributed by atoms with Gasteiger partial charge in [-0.15, -0.1) is 0 Å². The smallest absolute Gasteiger partial charge is 0.0584 e. The third-order valence-corrected chi connectivity index (χ3v) is 2.41. The molecule has 0 saturated carbocycles. The van der Waals surface area contributed by atoms with Gasteiger partial charge in [-0.05, 0) is 32.1 Å². The Morgan fingerprint density at radius 2 is 1.77 bits per heavy atom. The van der Waals surface area contributed by atoms with E-state index in [-0.39, 0.29) is 12.6 Å². The molecule has 0 saturated heterocycles. The largest absolute Gasteiger partial charge is 0.395 e. The maximum absolute atomic E-state index is 8.99. The molecule has 0 rings (SSSR count). The van der Waals surface area contributed by atoms with E-state index in [4.69, 9.17) is 5.11 Å². The second kappa shape index (κ2) is 7.34. The molecular weight excluding hydrogens is 162 g/mol. The molecular formula is C11H25NO. The molecule has 0 aliphatic carbocycles. The van der Waals surface area contributed by atoms with E-state index in [0.29, 0.717) is 6.04 Å². The summed E-state index contributed by atoms with van der Waals surface area (Å²) < 4.78 is 0. The van der Waals surface area contributed by atoms with Crippen molar-refractivity contribution >= 4 is 0 Å². The molecule has 0 radical (unpaired) electrons. The Morgan fingerprint density at radius 3 is 2.15 bits per heavy atom. The Kier molecular flexibility index (Phi) is 7.29. The van der Waals surface area contributed by atoms with Crippen LogP contribution in [-0.2, 0) is 0 Å². The van der Waals surface area contributed by atoms with Crippen molar-refractivity contribution in [2.45, 2.75) is 59.0 Å². The summed E-state index contributed by atoms with van der Waals surface area (Å²) in [6.07, 6.45) is 3.46. The fourth-order valence-electron chi connectivity index (χ4n) is 1.37. The van der Waals surface area contributed by atoms with Crippen molar-refractivity contribution in [2.75, 3.05) is 6.61 Å². The molecule has 0 amide bonds. The summed E-state index contributed by atoms with van der Waals surface area (Å²) in [4.78, 5) is 0. The van der Waals surface area contributed by atoms with Crippen LogP contribution in [0.4, 0.5) is 0 Å². The maximum atomic E-state index is 8.99. The van der Waals surface area contributed by atoms with Crippen LogP contribution < -0.4 is 5.32 Å². The summed E-state index contributed by atoms with van der Waals surface area (Å²) in [5.74, 6) is 0.776. The van der Waals surface area contributed by atoms with Gasteiger partial charge in [-0.25, -0.2) is 0 Å².